The second-order valence-electron chi connectivity index (χ2n) is 10.6. The van der Waals surface area contributed by atoms with E-state index in [1.54, 1.807) is 0 Å². The number of quaternary nitrogens is 1. The maximum Gasteiger partial charge on any atom is 0.472 e. The van der Waals surface area contributed by atoms with Gasteiger partial charge in [0, 0.05) is 6.42 Å². The summed E-state index contributed by atoms with van der Waals surface area (Å²) in [5, 5.41) is 9.84. The Morgan fingerprint density at radius 2 is 1.33 bits per heavy atom. The molecule has 0 aromatic rings. The number of phosphoric ester groups is 1. The summed E-state index contributed by atoms with van der Waals surface area (Å²) in [6.07, 6.45) is 28.3. The van der Waals surface area contributed by atoms with Crippen molar-refractivity contribution in [2.24, 2.45) is 0 Å². The average molecular weight is 573 g/mol. The molecule has 0 aromatic heterocycles. The maximum absolute atomic E-state index is 11.8. The first-order valence-corrected chi connectivity index (χ1v) is 15.9. The summed E-state index contributed by atoms with van der Waals surface area (Å²) in [5.41, 5.74) is 0. The van der Waals surface area contributed by atoms with E-state index in [0.717, 1.165) is 38.5 Å². The van der Waals surface area contributed by atoms with Gasteiger partial charge in [-0.2, -0.15) is 0 Å². The van der Waals surface area contributed by atoms with Gasteiger partial charge in [-0.1, -0.05) is 74.8 Å². The molecule has 0 radical (unpaired) electrons. The van der Waals surface area contributed by atoms with Crippen molar-refractivity contribution in [3.63, 3.8) is 0 Å². The summed E-state index contributed by atoms with van der Waals surface area (Å²) in [6, 6.07) is 0. The summed E-state index contributed by atoms with van der Waals surface area (Å²) in [5.74, 6) is -0.404. The molecule has 0 aliphatic heterocycles. The molecule has 226 valence electrons. The van der Waals surface area contributed by atoms with Crippen LogP contribution in [0.4, 0.5) is 0 Å². The number of likely N-dealkylation sites (N-methyl/N-ethyl adjacent to an activating group) is 1. The summed E-state index contributed by atoms with van der Waals surface area (Å²) in [4.78, 5) is 21.5. The molecular weight excluding hydrogens is 517 g/mol. The second-order valence-corrected chi connectivity index (χ2v) is 12.1. The quantitative estimate of drug-likeness (QED) is 0.0415. The zero-order valence-electron chi connectivity index (χ0n) is 24.8. The molecule has 39 heavy (non-hydrogen) atoms. The molecule has 0 fully saturated rings. The van der Waals surface area contributed by atoms with Crippen molar-refractivity contribution in [3.05, 3.63) is 48.6 Å². The number of hydrogen-bond acceptors (Lipinski definition) is 6. The molecule has 0 bridgehead atoms. The van der Waals surface area contributed by atoms with E-state index in [1.165, 1.54) is 25.7 Å². The standard InChI is InChI=1S/C30H54NO7P/c1-5-6-7-8-9-10-11-12-13-14-15-16-17-18-19-20-21-22-23-24-30(33)36-27-29(32)28-38-39(34,35)37-26-25-31(2,3)4/h9-10,12-13,15-16,18-19,29,32H,5-8,11,14,17,20-28H2,1-4H3/p+1/b10-9+,13-12+,16-15+,19-18+/t29-/m1/s1. The molecule has 0 heterocycles. The average Bonchev–Trinajstić information content (AvgIpc) is 2.86. The first-order valence-electron chi connectivity index (χ1n) is 14.4. The van der Waals surface area contributed by atoms with Gasteiger partial charge in [-0.15, -0.1) is 0 Å². The fraction of sp³-hybridized carbons (Fsp3) is 0.700. The van der Waals surface area contributed by atoms with E-state index in [4.69, 9.17) is 13.8 Å². The number of aliphatic hydroxyl groups is 1. The molecule has 0 aliphatic rings. The fourth-order valence-corrected chi connectivity index (χ4v) is 3.97. The number of phosphoric acid groups is 1. The third-order valence-electron chi connectivity index (χ3n) is 5.59. The molecule has 0 aliphatic carbocycles. The van der Waals surface area contributed by atoms with Crippen molar-refractivity contribution in [1.82, 2.24) is 0 Å². The maximum atomic E-state index is 11.8. The normalized spacial score (nSPS) is 15.1. The van der Waals surface area contributed by atoms with Crippen LogP contribution in [-0.4, -0.2) is 74.1 Å². The molecule has 0 saturated carbocycles. The Balaban J connectivity index is 3.69. The van der Waals surface area contributed by atoms with Crippen LogP contribution in [0.1, 0.15) is 84.0 Å². The largest absolute Gasteiger partial charge is 0.472 e. The monoisotopic (exact) mass is 572 g/mol. The Bertz CT molecular complexity index is 772. The third kappa shape index (κ3) is 29.3. The molecule has 0 saturated heterocycles. The lowest BCUT2D eigenvalue weighted by atomic mass is 10.1. The number of esters is 1. The lowest BCUT2D eigenvalue weighted by Gasteiger charge is -2.24. The molecule has 9 heteroatoms. The highest BCUT2D eigenvalue weighted by molar-refractivity contribution is 7.47. The Morgan fingerprint density at radius 1 is 0.795 bits per heavy atom. The van der Waals surface area contributed by atoms with E-state index in [-0.39, 0.29) is 19.6 Å². The van der Waals surface area contributed by atoms with Crippen LogP contribution in [0.5, 0.6) is 0 Å². The van der Waals surface area contributed by atoms with Crippen molar-refractivity contribution < 1.29 is 37.6 Å². The van der Waals surface area contributed by atoms with Gasteiger partial charge in [-0.25, -0.2) is 4.57 Å². The lowest BCUT2D eigenvalue weighted by molar-refractivity contribution is -0.870. The molecule has 1 unspecified atom stereocenters. The number of aliphatic hydroxyl groups excluding tert-OH is 1. The van der Waals surface area contributed by atoms with Gasteiger partial charge in [-0.3, -0.25) is 13.8 Å². The van der Waals surface area contributed by atoms with Gasteiger partial charge < -0.3 is 19.2 Å². The Kier molecular flexibility index (Phi) is 23.3. The first-order chi connectivity index (χ1) is 18.6. The first kappa shape index (κ1) is 37.5. The lowest BCUT2D eigenvalue weighted by Crippen LogP contribution is -2.37. The van der Waals surface area contributed by atoms with Crippen LogP contribution in [0.25, 0.3) is 0 Å². The minimum absolute atomic E-state index is 0.0464. The number of ether oxygens (including phenoxy) is 1. The highest BCUT2D eigenvalue weighted by atomic mass is 31.2. The van der Waals surface area contributed by atoms with Gasteiger partial charge in [0.05, 0.1) is 27.7 Å². The van der Waals surface area contributed by atoms with Gasteiger partial charge >= 0.3 is 13.8 Å². The van der Waals surface area contributed by atoms with Gasteiger partial charge in [0.25, 0.3) is 0 Å². The van der Waals surface area contributed by atoms with Gasteiger partial charge in [0.15, 0.2) is 0 Å². The van der Waals surface area contributed by atoms with Crippen LogP contribution in [0.2, 0.25) is 0 Å². The summed E-state index contributed by atoms with van der Waals surface area (Å²) < 4.78 is 27.0. The van der Waals surface area contributed by atoms with Gasteiger partial charge in [-0.05, 0) is 51.4 Å². The van der Waals surface area contributed by atoms with Crippen molar-refractivity contribution in [3.8, 4) is 0 Å². The van der Waals surface area contributed by atoms with E-state index in [9.17, 15) is 19.4 Å². The highest BCUT2D eigenvalue weighted by Gasteiger charge is 2.24. The Hall–Kier alpha value is -1.54. The molecule has 2 N–H and O–H groups in total. The van der Waals surface area contributed by atoms with Crippen LogP contribution >= 0.6 is 7.82 Å². The Morgan fingerprint density at radius 3 is 1.87 bits per heavy atom. The smallest absolute Gasteiger partial charge is 0.463 e. The third-order valence-corrected chi connectivity index (χ3v) is 6.58. The number of carbonyl (C=O) groups excluding carboxylic acids is 1. The number of carbonyl (C=O) groups is 1. The number of rotatable bonds is 25. The second kappa shape index (κ2) is 24.3. The SMILES string of the molecule is CCCCC/C=C/C/C=C/C/C=C/C/C=C/CCCCCC(=O)OC[C@@H](O)COP(=O)(O)OCC[N+](C)(C)C. The molecular formula is C30H55NO7P+. The van der Waals surface area contributed by atoms with Gasteiger partial charge in [0.1, 0.15) is 25.9 Å². The van der Waals surface area contributed by atoms with Crippen molar-refractivity contribution >= 4 is 13.8 Å². The fourth-order valence-electron chi connectivity index (χ4n) is 3.23. The topological polar surface area (TPSA) is 102 Å². The molecule has 8 nitrogen and oxygen atoms in total. The number of hydrogen-bond donors (Lipinski definition) is 2. The van der Waals surface area contributed by atoms with Gasteiger partial charge in [0.2, 0.25) is 0 Å². The van der Waals surface area contributed by atoms with Crippen LogP contribution < -0.4 is 0 Å². The van der Waals surface area contributed by atoms with Crippen LogP contribution in [0, 0.1) is 0 Å². The highest BCUT2D eigenvalue weighted by Crippen LogP contribution is 2.43. The van der Waals surface area contributed by atoms with Crippen LogP contribution in [0.15, 0.2) is 48.6 Å². The van der Waals surface area contributed by atoms with E-state index >= 15 is 0 Å². The van der Waals surface area contributed by atoms with Crippen molar-refractivity contribution in [2.45, 2.75) is 90.1 Å². The van der Waals surface area contributed by atoms with Crippen LogP contribution in [0.3, 0.4) is 0 Å². The zero-order valence-corrected chi connectivity index (χ0v) is 25.7. The molecule has 2 atom stereocenters. The van der Waals surface area contributed by atoms with Crippen molar-refractivity contribution in [2.75, 3.05) is 47.5 Å². The van der Waals surface area contributed by atoms with E-state index in [0.29, 0.717) is 17.4 Å². The summed E-state index contributed by atoms with van der Waals surface area (Å²) >= 11 is 0. The number of unbranched alkanes of at least 4 members (excludes halogenated alkanes) is 6. The minimum atomic E-state index is -4.25. The van der Waals surface area contributed by atoms with E-state index in [1.807, 2.05) is 21.1 Å². The van der Waals surface area contributed by atoms with E-state index in [2.05, 4.69) is 55.5 Å². The molecule has 0 amide bonds. The minimum Gasteiger partial charge on any atom is -0.463 e. The predicted octanol–water partition coefficient (Wildman–Crippen LogP) is 6.66. The molecule has 0 aromatic carbocycles. The Labute approximate surface area is 237 Å². The number of nitrogens with zero attached hydrogens (tertiary/aromatic N) is 1. The van der Waals surface area contributed by atoms with Crippen molar-refractivity contribution in [1.29, 1.82) is 0 Å². The predicted molar refractivity (Wildman–Crippen MR) is 159 cm³/mol. The summed E-state index contributed by atoms with van der Waals surface area (Å²) in [6.45, 7) is 2.05. The van der Waals surface area contributed by atoms with Crippen LogP contribution in [-0.2, 0) is 23.1 Å². The molecule has 0 rings (SSSR count). The zero-order chi connectivity index (χ0) is 29.2. The summed E-state index contributed by atoms with van der Waals surface area (Å²) in [7, 11) is 1.53. The molecule has 0 spiro atoms. The van der Waals surface area contributed by atoms with E-state index < -0.39 is 26.5 Å². The number of allylic oxidation sites excluding steroid dienone is 8.